The van der Waals surface area contributed by atoms with E-state index in [0.29, 0.717) is 24.9 Å². The summed E-state index contributed by atoms with van der Waals surface area (Å²) in [6, 6.07) is 3.76. The minimum atomic E-state index is 0.375. The number of nitrogen functional groups attached to an aromatic ring is 1. The van der Waals surface area contributed by atoms with Gasteiger partial charge in [-0.1, -0.05) is 11.8 Å². The summed E-state index contributed by atoms with van der Waals surface area (Å²) in [6.07, 6.45) is 0. The fourth-order valence-corrected chi connectivity index (χ4v) is 2.54. The van der Waals surface area contributed by atoms with Gasteiger partial charge in [0, 0.05) is 19.7 Å². The first kappa shape index (κ1) is 13.8. The Morgan fingerprint density at radius 3 is 2.79 bits per heavy atom. The second kappa shape index (κ2) is 6.03. The smallest absolute Gasteiger partial charge is 0.157 e. The normalized spacial score (nSPS) is 10.9. The van der Waals surface area contributed by atoms with Gasteiger partial charge in [-0.05, 0) is 19.9 Å². The van der Waals surface area contributed by atoms with E-state index in [0.717, 1.165) is 15.7 Å². The SMILES string of the molecule is CCOCc1nc(N)cc(Sc2cc(C)nn2C)n1. The van der Waals surface area contributed by atoms with Crippen LogP contribution in [-0.2, 0) is 18.4 Å². The largest absolute Gasteiger partial charge is 0.384 e. The van der Waals surface area contributed by atoms with Crippen LogP contribution >= 0.6 is 11.8 Å². The lowest BCUT2D eigenvalue weighted by Gasteiger charge is -2.05. The molecule has 2 heterocycles. The van der Waals surface area contributed by atoms with E-state index in [1.54, 1.807) is 6.07 Å². The molecule has 0 bridgehead atoms. The molecule has 2 aromatic heterocycles. The number of hydrogen-bond donors (Lipinski definition) is 1. The number of nitrogens with two attached hydrogens (primary N) is 1. The van der Waals surface area contributed by atoms with Crippen molar-refractivity contribution < 1.29 is 4.74 Å². The molecule has 2 aromatic rings. The highest BCUT2D eigenvalue weighted by Gasteiger charge is 2.08. The van der Waals surface area contributed by atoms with Crippen LogP contribution in [0.3, 0.4) is 0 Å². The number of aryl methyl sites for hydroxylation is 2. The molecule has 0 aromatic carbocycles. The van der Waals surface area contributed by atoms with Crippen LogP contribution in [0.4, 0.5) is 5.82 Å². The molecule has 7 heteroatoms. The highest BCUT2D eigenvalue weighted by Crippen LogP contribution is 2.27. The van der Waals surface area contributed by atoms with Crippen molar-refractivity contribution in [3.8, 4) is 0 Å². The van der Waals surface area contributed by atoms with E-state index in [9.17, 15) is 0 Å². The molecule has 0 aliphatic rings. The molecule has 0 saturated heterocycles. The van der Waals surface area contributed by atoms with Crippen LogP contribution in [0.25, 0.3) is 0 Å². The van der Waals surface area contributed by atoms with E-state index in [4.69, 9.17) is 10.5 Å². The van der Waals surface area contributed by atoms with Gasteiger partial charge in [-0.25, -0.2) is 9.97 Å². The van der Waals surface area contributed by atoms with Crippen LogP contribution in [0.2, 0.25) is 0 Å². The van der Waals surface area contributed by atoms with Gasteiger partial charge in [0.15, 0.2) is 5.82 Å². The summed E-state index contributed by atoms with van der Waals surface area (Å²) in [4.78, 5) is 8.57. The van der Waals surface area contributed by atoms with E-state index in [-0.39, 0.29) is 0 Å². The summed E-state index contributed by atoms with van der Waals surface area (Å²) in [7, 11) is 1.90. The number of anilines is 1. The van der Waals surface area contributed by atoms with Gasteiger partial charge in [0.2, 0.25) is 0 Å². The second-order valence-electron chi connectivity index (χ2n) is 4.03. The van der Waals surface area contributed by atoms with E-state index in [2.05, 4.69) is 15.1 Å². The Balaban J connectivity index is 2.20. The fraction of sp³-hybridized carbons (Fsp3) is 0.417. The van der Waals surface area contributed by atoms with Crippen molar-refractivity contribution in [1.29, 1.82) is 0 Å². The monoisotopic (exact) mass is 279 g/mol. The van der Waals surface area contributed by atoms with Crippen LogP contribution in [0.5, 0.6) is 0 Å². The zero-order chi connectivity index (χ0) is 13.8. The standard InChI is InChI=1S/C12H17N5OS/c1-4-18-7-10-14-9(13)6-11(15-10)19-12-5-8(2)16-17(12)3/h5-6H,4,7H2,1-3H3,(H2,13,14,15). The van der Waals surface area contributed by atoms with Crippen molar-refractivity contribution in [2.45, 2.75) is 30.5 Å². The van der Waals surface area contributed by atoms with E-state index >= 15 is 0 Å². The fourth-order valence-electron chi connectivity index (χ4n) is 1.59. The number of ether oxygens (including phenoxy) is 1. The van der Waals surface area contributed by atoms with Crippen LogP contribution in [-0.4, -0.2) is 26.4 Å². The maximum atomic E-state index is 5.79. The van der Waals surface area contributed by atoms with Crippen molar-refractivity contribution in [2.75, 3.05) is 12.3 Å². The highest BCUT2D eigenvalue weighted by atomic mass is 32.2. The Morgan fingerprint density at radius 1 is 1.37 bits per heavy atom. The van der Waals surface area contributed by atoms with Gasteiger partial charge in [0.25, 0.3) is 0 Å². The maximum Gasteiger partial charge on any atom is 0.157 e. The molecule has 2 rings (SSSR count). The van der Waals surface area contributed by atoms with Crippen LogP contribution in [0.1, 0.15) is 18.4 Å². The van der Waals surface area contributed by atoms with Crippen LogP contribution in [0, 0.1) is 6.92 Å². The summed E-state index contributed by atoms with van der Waals surface area (Å²) < 4.78 is 7.12. The topological polar surface area (TPSA) is 78.9 Å². The number of rotatable bonds is 5. The van der Waals surface area contributed by atoms with Gasteiger partial charge in [0.05, 0.1) is 5.69 Å². The highest BCUT2D eigenvalue weighted by molar-refractivity contribution is 7.99. The molecule has 19 heavy (non-hydrogen) atoms. The molecule has 0 fully saturated rings. The molecule has 0 unspecified atom stereocenters. The van der Waals surface area contributed by atoms with Crippen molar-refractivity contribution in [3.63, 3.8) is 0 Å². The van der Waals surface area contributed by atoms with Crippen molar-refractivity contribution >= 4 is 17.6 Å². The van der Waals surface area contributed by atoms with Crippen molar-refractivity contribution in [1.82, 2.24) is 19.7 Å². The Morgan fingerprint density at radius 2 is 2.16 bits per heavy atom. The molecule has 102 valence electrons. The molecule has 0 radical (unpaired) electrons. The predicted molar refractivity (Wildman–Crippen MR) is 73.8 cm³/mol. The maximum absolute atomic E-state index is 5.79. The predicted octanol–water partition coefficient (Wildman–Crippen LogP) is 1.79. The average molecular weight is 279 g/mol. The third-order valence-corrected chi connectivity index (χ3v) is 3.38. The van der Waals surface area contributed by atoms with Crippen LogP contribution < -0.4 is 5.73 Å². The third-order valence-electron chi connectivity index (χ3n) is 2.37. The van der Waals surface area contributed by atoms with Crippen molar-refractivity contribution in [2.24, 2.45) is 7.05 Å². The summed E-state index contributed by atoms with van der Waals surface area (Å²) in [5.41, 5.74) is 6.76. The van der Waals surface area contributed by atoms with Gasteiger partial charge in [0.1, 0.15) is 22.5 Å². The lowest BCUT2D eigenvalue weighted by Crippen LogP contribution is -2.03. The molecule has 6 nitrogen and oxygen atoms in total. The molecule has 0 aliphatic carbocycles. The molecule has 0 saturated carbocycles. The van der Waals surface area contributed by atoms with Crippen molar-refractivity contribution in [3.05, 3.63) is 23.7 Å². The van der Waals surface area contributed by atoms with Gasteiger partial charge < -0.3 is 10.5 Å². The molecule has 0 spiro atoms. The molecule has 0 aliphatic heterocycles. The van der Waals surface area contributed by atoms with Gasteiger partial charge in [-0.2, -0.15) is 5.10 Å². The van der Waals surface area contributed by atoms with Crippen LogP contribution in [0.15, 0.2) is 22.2 Å². The summed E-state index contributed by atoms with van der Waals surface area (Å²) in [6.45, 7) is 4.89. The molecular formula is C12H17N5OS. The Hall–Kier alpha value is -1.60. The number of aromatic nitrogens is 4. The minimum absolute atomic E-state index is 0.375. The third kappa shape index (κ3) is 3.68. The van der Waals surface area contributed by atoms with E-state index in [1.165, 1.54) is 11.8 Å². The first-order chi connectivity index (χ1) is 9.08. The zero-order valence-electron chi connectivity index (χ0n) is 11.3. The molecular weight excluding hydrogens is 262 g/mol. The summed E-state index contributed by atoms with van der Waals surface area (Å²) in [5.74, 6) is 1.05. The molecule has 0 amide bonds. The average Bonchev–Trinajstić information content (AvgIpc) is 2.64. The first-order valence-electron chi connectivity index (χ1n) is 5.98. The summed E-state index contributed by atoms with van der Waals surface area (Å²) in [5, 5.41) is 6.11. The first-order valence-corrected chi connectivity index (χ1v) is 6.79. The summed E-state index contributed by atoms with van der Waals surface area (Å²) >= 11 is 1.51. The Bertz CT molecular complexity index is 569. The van der Waals surface area contributed by atoms with Gasteiger partial charge in [-0.15, -0.1) is 0 Å². The lowest BCUT2D eigenvalue weighted by molar-refractivity contribution is 0.128. The second-order valence-corrected chi connectivity index (χ2v) is 5.07. The lowest BCUT2D eigenvalue weighted by atomic mass is 10.5. The Labute approximate surface area is 116 Å². The zero-order valence-corrected chi connectivity index (χ0v) is 12.1. The van der Waals surface area contributed by atoms with E-state index in [1.807, 2.05) is 31.6 Å². The number of nitrogens with zero attached hydrogens (tertiary/aromatic N) is 4. The van der Waals surface area contributed by atoms with Gasteiger partial charge in [-0.3, -0.25) is 4.68 Å². The molecule has 2 N–H and O–H groups in total. The van der Waals surface area contributed by atoms with Gasteiger partial charge >= 0.3 is 0 Å². The van der Waals surface area contributed by atoms with E-state index < -0.39 is 0 Å². The number of hydrogen-bond acceptors (Lipinski definition) is 6. The minimum Gasteiger partial charge on any atom is -0.384 e. The Kier molecular flexibility index (Phi) is 4.39. The molecule has 0 atom stereocenters. The quantitative estimate of drug-likeness (QED) is 0.841.